The third kappa shape index (κ3) is 5.53. The number of methoxy groups -OCH3 is 1. The van der Waals surface area contributed by atoms with E-state index in [1.807, 2.05) is 30.3 Å². The van der Waals surface area contributed by atoms with Crippen molar-refractivity contribution in [2.45, 2.75) is 5.16 Å². The second-order valence-electron chi connectivity index (χ2n) is 7.26. The number of nitrogens with zero attached hydrogens (tertiary/aromatic N) is 4. The SMILES string of the molecule is COc1cc([N+](=O)[O-])ccc1NC(=O)CSc1nc(-c2ccccc2)nn1C(=O)c1ccccc1Cl. The quantitative estimate of drug-likeness (QED) is 0.195. The second-order valence-corrected chi connectivity index (χ2v) is 8.61. The minimum Gasteiger partial charge on any atom is -0.494 e. The van der Waals surface area contributed by atoms with Crippen LogP contribution in [0.4, 0.5) is 11.4 Å². The fourth-order valence-electron chi connectivity index (χ4n) is 3.19. The molecule has 0 fully saturated rings. The number of hydrogen-bond donors (Lipinski definition) is 1. The van der Waals surface area contributed by atoms with E-state index >= 15 is 0 Å². The van der Waals surface area contributed by atoms with E-state index in [4.69, 9.17) is 16.3 Å². The minimum absolute atomic E-state index is 0.122. The normalized spacial score (nSPS) is 10.6. The standard InChI is InChI=1S/C24H18ClN5O5S/c1-35-20-13-16(30(33)34)11-12-19(20)26-21(31)14-36-24-27-22(15-7-3-2-4-8-15)28-29(24)23(32)17-9-5-6-10-18(17)25/h2-13H,14H2,1H3,(H,26,31). The van der Waals surface area contributed by atoms with E-state index in [9.17, 15) is 19.7 Å². The molecule has 0 spiro atoms. The van der Waals surface area contributed by atoms with Crippen LogP contribution >= 0.6 is 23.4 Å². The molecule has 182 valence electrons. The fourth-order valence-corrected chi connectivity index (χ4v) is 4.14. The topological polar surface area (TPSA) is 129 Å². The van der Waals surface area contributed by atoms with E-state index in [0.717, 1.165) is 16.4 Å². The maximum Gasteiger partial charge on any atom is 0.282 e. The average Bonchev–Trinajstić information content (AvgIpc) is 3.32. The van der Waals surface area contributed by atoms with E-state index in [-0.39, 0.29) is 38.6 Å². The highest BCUT2D eigenvalue weighted by molar-refractivity contribution is 7.99. The molecule has 0 saturated carbocycles. The van der Waals surface area contributed by atoms with Gasteiger partial charge in [0, 0.05) is 11.6 Å². The maximum atomic E-state index is 13.2. The molecule has 12 heteroatoms. The molecule has 0 radical (unpaired) electrons. The van der Waals surface area contributed by atoms with Crippen molar-refractivity contribution >= 4 is 46.6 Å². The average molecular weight is 524 g/mol. The van der Waals surface area contributed by atoms with Gasteiger partial charge in [0.1, 0.15) is 5.75 Å². The molecule has 4 aromatic rings. The van der Waals surface area contributed by atoms with Gasteiger partial charge in [0.25, 0.3) is 11.6 Å². The number of non-ortho nitro benzene ring substituents is 1. The molecule has 36 heavy (non-hydrogen) atoms. The Bertz CT molecular complexity index is 1440. The zero-order chi connectivity index (χ0) is 25.7. The summed E-state index contributed by atoms with van der Waals surface area (Å²) in [7, 11) is 1.34. The number of rotatable bonds is 8. The summed E-state index contributed by atoms with van der Waals surface area (Å²) < 4.78 is 6.27. The molecular weight excluding hydrogens is 506 g/mol. The summed E-state index contributed by atoms with van der Waals surface area (Å²) in [5.74, 6) is -0.589. The van der Waals surface area contributed by atoms with E-state index in [1.54, 1.807) is 24.3 Å². The molecule has 1 heterocycles. The van der Waals surface area contributed by atoms with Crippen molar-refractivity contribution in [1.29, 1.82) is 0 Å². The number of amides is 1. The Hall–Kier alpha value is -4.22. The summed E-state index contributed by atoms with van der Waals surface area (Å²) in [6.45, 7) is 0. The summed E-state index contributed by atoms with van der Waals surface area (Å²) in [4.78, 5) is 40.8. The minimum atomic E-state index is -0.558. The van der Waals surface area contributed by atoms with Crippen LogP contribution in [0.2, 0.25) is 5.02 Å². The van der Waals surface area contributed by atoms with Gasteiger partial charge in [-0.25, -0.2) is 4.98 Å². The van der Waals surface area contributed by atoms with Gasteiger partial charge in [0.2, 0.25) is 5.91 Å². The van der Waals surface area contributed by atoms with Crippen molar-refractivity contribution in [1.82, 2.24) is 14.8 Å². The van der Waals surface area contributed by atoms with Crippen LogP contribution in [0.25, 0.3) is 11.4 Å². The van der Waals surface area contributed by atoms with E-state index in [1.165, 1.54) is 25.3 Å². The molecule has 0 atom stereocenters. The first-order chi connectivity index (χ1) is 17.4. The molecule has 1 aromatic heterocycles. The molecule has 0 aliphatic carbocycles. The van der Waals surface area contributed by atoms with Crippen LogP contribution in [0.5, 0.6) is 5.75 Å². The van der Waals surface area contributed by atoms with Gasteiger partial charge in [-0.2, -0.15) is 4.68 Å². The Kier molecular flexibility index (Phi) is 7.62. The zero-order valence-electron chi connectivity index (χ0n) is 18.8. The van der Waals surface area contributed by atoms with Gasteiger partial charge in [0.05, 0.1) is 40.1 Å². The first-order valence-corrected chi connectivity index (χ1v) is 11.8. The number of thioether (sulfide) groups is 1. The first kappa shape index (κ1) is 24.9. The van der Waals surface area contributed by atoms with Gasteiger partial charge < -0.3 is 10.1 Å². The van der Waals surface area contributed by atoms with E-state index in [0.29, 0.717) is 11.4 Å². The van der Waals surface area contributed by atoms with Crippen molar-refractivity contribution < 1.29 is 19.2 Å². The number of hydrogen-bond acceptors (Lipinski definition) is 8. The van der Waals surface area contributed by atoms with Gasteiger partial charge in [0.15, 0.2) is 11.0 Å². The Balaban J connectivity index is 1.58. The lowest BCUT2D eigenvalue weighted by molar-refractivity contribution is -0.384. The van der Waals surface area contributed by atoms with Crippen molar-refractivity contribution in [2.75, 3.05) is 18.2 Å². The third-order valence-electron chi connectivity index (χ3n) is 4.91. The predicted molar refractivity (Wildman–Crippen MR) is 136 cm³/mol. The van der Waals surface area contributed by atoms with Crippen LogP contribution in [0, 0.1) is 10.1 Å². The van der Waals surface area contributed by atoms with E-state index < -0.39 is 16.7 Å². The van der Waals surface area contributed by atoms with Gasteiger partial charge in [-0.1, -0.05) is 65.8 Å². The predicted octanol–water partition coefficient (Wildman–Crippen LogP) is 4.93. The Labute approximate surface area is 214 Å². The second kappa shape index (κ2) is 11.0. The van der Waals surface area contributed by atoms with Gasteiger partial charge in [-0.3, -0.25) is 19.7 Å². The number of anilines is 1. The number of nitrogens with one attached hydrogen (secondary N) is 1. The highest BCUT2D eigenvalue weighted by atomic mass is 35.5. The molecule has 0 saturated heterocycles. The van der Waals surface area contributed by atoms with Crippen molar-refractivity contribution in [3.8, 4) is 17.1 Å². The monoisotopic (exact) mass is 523 g/mol. The summed E-state index contributed by atoms with van der Waals surface area (Å²) in [5, 5.41) is 18.5. The van der Waals surface area contributed by atoms with Crippen molar-refractivity contribution in [3.05, 3.63) is 93.5 Å². The number of halogens is 1. The highest BCUT2D eigenvalue weighted by Gasteiger charge is 2.22. The van der Waals surface area contributed by atoms with Crippen molar-refractivity contribution in [2.24, 2.45) is 0 Å². The molecule has 0 unspecified atom stereocenters. The summed E-state index contributed by atoms with van der Waals surface area (Å²) >= 11 is 7.22. The Morgan fingerprint density at radius 1 is 1.11 bits per heavy atom. The smallest absolute Gasteiger partial charge is 0.282 e. The van der Waals surface area contributed by atoms with E-state index in [2.05, 4.69) is 15.4 Å². The number of aromatic nitrogens is 3. The van der Waals surface area contributed by atoms with Gasteiger partial charge in [-0.05, 0) is 18.2 Å². The number of nitro groups is 1. The molecule has 0 aliphatic rings. The third-order valence-corrected chi connectivity index (χ3v) is 6.17. The molecule has 0 bridgehead atoms. The number of carbonyl (C=O) groups is 2. The number of benzene rings is 3. The molecule has 10 nitrogen and oxygen atoms in total. The molecule has 0 aliphatic heterocycles. The number of ether oxygens (including phenoxy) is 1. The maximum absolute atomic E-state index is 13.2. The van der Waals surface area contributed by atoms with Crippen LogP contribution in [-0.2, 0) is 4.79 Å². The summed E-state index contributed by atoms with van der Waals surface area (Å²) in [6.07, 6.45) is 0. The molecule has 1 amide bonds. The van der Waals surface area contributed by atoms with Crippen LogP contribution < -0.4 is 10.1 Å². The number of carbonyl (C=O) groups excluding carboxylic acids is 2. The fraction of sp³-hybridized carbons (Fsp3) is 0.0833. The van der Waals surface area contributed by atoms with Crippen LogP contribution in [0.1, 0.15) is 10.4 Å². The van der Waals surface area contributed by atoms with Crippen LogP contribution in [0.15, 0.2) is 78.0 Å². The first-order valence-electron chi connectivity index (χ1n) is 10.4. The molecule has 4 rings (SSSR count). The lowest BCUT2D eigenvalue weighted by atomic mass is 10.2. The Morgan fingerprint density at radius 2 is 1.83 bits per heavy atom. The molecule has 3 aromatic carbocycles. The van der Waals surface area contributed by atoms with Gasteiger partial charge in [-0.15, -0.1) is 5.10 Å². The summed E-state index contributed by atoms with van der Waals surface area (Å²) in [6, 6.07) is 19.5. The molecule has 1 N–H and O–H groups in total. The Morgan fingerprint density at radius 3 is 2.53 bits per heavy atom. The lowest BCUT2D eigenvalue weighted by Gasteiger charge is -2.10. The van der Waals surface area contributed by atoms with Crippen molar-refractivity contribution in [3.63, 3.8) is 0 Å². The largest absolute Gasteiger partial charge is 0.494 e. The molecular formula is C24H18ClN5O5S. The summed E-state index contributed by atoms with van der Waals surface area (Å²) in [5.41, 5.74) is 1.04. The van der Waals surface area contributed by atoms with Crippen LogP contribution in [0.3, 0.4) is 0 Å². The lowest BCUT2D eigenvalue weighted by Crippen LogP contribution is -2.18. The zero-order valence-corrected chi connectivity index (χ0v) is 20.3. The van der Waals surface area contributed by atoms with Crippen LogP contribution in [-0.4, -0.2) is 44.4 Å². The van der Waals surface area contributed by atoms with Gasteiger partial charge >= 0.3 is 0 Å². The highest BCUT2D eigenvalue weighted by Crippen LogP contribution is 2.30. The number of nitro benzene ring substituents is 1.